The van der Waals surface area contributed by atoms with Crippen LogP contribution in [0.4, 0.5) is 4.39 Å². The molecule has 3 rings (SSSR count). The molecule has 1 aromatic carbocycles. The van der Waals surface area contributed by atoms with E-state index in [1.54, 1.807) is 12.1 Å². The third-order valence-corrected chi connectivity index (χ3v) is 5.48. The molecule has 0 spiro atoms. The Morgan fingerprint density at radius 2 is 2.20 bits per heavy atom. The van der Waals surface area contributed by atoms with Gasteiger partial charge in [0.15, 0.2) is 5.82 Å². The van der Waals surface area contributed by atoms with Gasteiger partial charge in [0, 0.05) is 11.6 Å². The minimum Gasteiger partial charge on any atom is -0.352 e. The summed E-state index contributed by atoms with van der Waals surface area (Å²) in [5, 5.41) is 11.5. The van der Waals surface area contributed by atoms with Crippen LogP contribution in [0.2, 0.25) is 0 Å². The van der Waals surface area contributed by atoms with Gasteiger partial charge in [0.2, 0.25) is 11.1 Å². The number of nitrogens with zero attached hydrogens (tertiary/aromatic N) is 3. The summed E-state index contributed by atoms with van der Waals surface area (Å²) >= 11 is 1.22. The number of aromatic nitrogens is 3. The maximum atomic E-state index is 13.3. The smallest absolute Gasteiger partial charge is 0.230 e. The molecule has 0 radical (unpaired) electrons. The van der Waals surface area contributed by atoms with Gasteiger partial charge < -0.3 is 11.2 Å². The van der Waals surface area contributed by atoms with Crippen molar-refractivity contribution in [3.63, 3.8) is 0 Å². The van der Waals surface area contributed by atoms with Crippen LogP contribution in [0, 0.1) is 11.7 Å². The zero-order chi connectivity index (χ0) is 17.8. The van der Waals surface area contributed by atoms with Crippen molar-refractivity contribution in [2.24, 2.45) is 5.92 Å². The van der Waals surface area contributed by atoms with Crippen molar-refractivity contribution in [1.29, 1.82) is 0 Å². The molecule has 134 valence electrons. The Balaban J connectivity index is 1.59. The Morgan fingerprint density at radius 3 is 2.96 bits per heavy atom. The molecule has 0 saturated heterocycles. The lowest BCUT2D eigenvalue weighted by Gasteiger charge is -2.29. The first-order valence-electron chi connectivity index (χ1n) is 8.43. The number of benzene rings is 1. The van der Waals surface area contributed by atoms with Gasteiger partial charge in [-0.05, 0) is 30.9 Å². The van der Waals surface area contributed by atoms with E-state index in [1.165, 1.54) is 35.0 Å². The molecule has 8 heteroatoms. The maximum Gasteiger partial charge on any atom is 0.230 e. The number of halogens is 1. The van der Waals surface area contributed by atoms with Crippen LogP contribution in [-0.4, -0.2) is 32.6 Å². The van der Waals surface area contributed by atoms with Crippen molar-refractivity contribution < 1.29 is 9.18 Å². The number of carbonyl (C=O) groups excluding carboxylic acids is 1. The zero-order valence-electron chi connectivity index (χ0n) is 14.1. The second-order valence-corrected chi connectivity index (χ2v) is 7.35. The highest BCUT2D eigenvalue weighted by Gasteiger charge is 2.23. The maximum absolute atomic E-state index is 13.3. The number of nitrogens with one attached hydrogen (secondary N) is 1. The third kappa shape index (κ3) is 4.31. The average Bonchev–Trinajstić information content (AvgIpc) is 2.96. The number of hydrogen-bond donors (Lipinski definition) is 2. The summed E-state index contributed by atoms with van der Waals surface area (Å²) < 4.78 is 14.6. The van der Waals surface area contributed by atoms with Crippen molar-refractivity contribution >= 4 is 17.7 Å². The summed E-state index contributed by atoms with van der Waals surface area (Å²) in [4.78, 5) is 12.2. The fourth-order valence-electron chi connectivity index (χ4n) is 3.11. The molecule has 1 aromatic heterocycles. The summed E-state index contributed by atoms with van der Waals surface area (Å²) in [5.74, 6) is 6.70. The molecule has 3 N–H and O–H groups in total. The molecule has 1 aliphatic carbocycles. The second kappa shape index (κ2) is 7.86. The van der Waals surface area contributed by atoms with E-state index in [4.69, 9.17) is 5.84 Å². The zero-order valence-corrected chi connectivity index (χ0v) is 14.9. The molecule has 2 atom stereocenters. The van der Waals surface area contributed by atoms with E-state index in [0.29, 0.717) is 22.5 Å². The highest BCUT2D eigenvalue weighted by molar-refractivity contribution is 7.99. The third-order valence-electron chi connectivity index (χ3n) is 4.54. The average molecular weight is 363 g/mol. The van der Waals surface area contributed by atoms with Crippen molar-refractivity contribution in [2.45, 2.75) is 43.8 Å². The lowest BCUT2D eigenvalue weighted by molar-refractivity contribution is -0.119. The molecule has 25 heavy (non-hydrogen) atoms. The van der Waals surface area contributed by atoms with Gasteiger partial charge in [0.25, 0.3) is 0 Å². The van der Waals surface area contributed by atoms with Crippen molar-refractivity contribution in [3.8, 4) is 11.4 Å². The summed E-state index contributed by atoms with van der Waals surface area (Å²) in [5.41, 5.74) is 0.544. The molecular formula is C17H22FN5OS. The van der Waals surface area contributed by atoms with E-state index in [-0.39, 0.29) is 23.5 Å². The molecule has 0 aliphatic heterocycles. The molecule has 1 fully saturated rings. The summed E-state index contributed by atoms with van der Waals surface area (Å²) in [7, 11) is 0. The van der Waals surface area contributed by atoms with Crippen LogP contribution in [0.3, 0.4) is 0 Å². The first-order chi connectivity index (χ1) is 12.0. The Hall–Kier alpha value is -2.09. The Morgan fingerprint density at radius 1 is 1.40 bits per heavy atom. The summed E-state index contributed by atoms with van der Waals surface area (Å²) in [6.07, 6.45) is 4.60. The van der Waals surface area contributed by atoms with E-state index in [2.05, 4.69) is 22.4 Å². The van der Waals surface area contributed by atoms with Crippen LogP contribution < -0.4 is 11.2 Å². The SMILES string of the molecule is C[C@@H]1CCCC[C@@H]1NC(=O)CSc1nnc(-c2cccc(F)c2)n1N. The highest BCUT2D eigenvalue weighted by Crippen LogP contribution is 2.25. The molecule has 0 unspecified atom stereocenters. The van der Waals surface area contributed by atoms with Gasteiger partial charge in [-0.3, -0.25) is 4.79 Å². The monoisotopic (exact) mass is 363 g/mol. The van der Waals surface area contributed by atoms with Crippen LogP contribution >= 0.6 is 11.8 Å². The van der Waals surface area contributed by atoms with Gasteiger partial charge in [-0.15, -0.1) is 10.2 Å². The normalized spacial score (nSPS) is 20.4. The minimum atomic E-state index is -0.365. The molecule has 0 bridgehead atoms. The number of carbonyl (C=O) groups is 1. The van der Waals surface area contributed by atoms with Gasteiger partial charge in [-0.1, -0.05) is 43.7 Å². The number of amides is 1. The number of nitrogens with two attached hydrogens (primary N) is 1. The Bertz CT molecular complexity index is 750. The van der Waals surface area contributed by atoms with Crippen LogP contribution in [0.5, 0.6) is 0 Å². The largest absolute Gasteiger partial charge is 0.352 e. The molecule has 1 amide bonds. The van der Waals surface area contributed by atoms with Gasteiger partial charge >= 0.3 is 0 Å². The van der Waals surface area contributed by atoms with E-state index in [0.717, 1.165) is 19.3 Å². The van der Waals surface area contributed by atoms with E-state index < -0.39 is 0 Å². The van der Waals surface area contributed by atoms with Crippen LogP contribution in [0.25, 0.3) is 11.4 Å². The number of nitrogen functional groups attached to an aromatic ring is 1. The first kappa shape index (κ1) is 17.7. The highest BCUT2D eigenvalue weighted by atomic mass is 32.2. The standard InChI is InChI=1S/C17H22FN5OS/c1-11-5-2-3-8-14(11)20-15(24)10-25-17-22-21-16(23(17)19)12-6-4-7-13(18)9-12/h4,6-7,9,11,14H,2-3,5,8,10,19H2,1H3,(H,20,24)/t11-,14+/m1/s1. The number of rotatable bonds is 5. The Kier molecular flexibility index (Phi) is 5.57. The van der Waals surface area contributed by atoms with E-state index in [1.807, 2.05) is 0 Å². The van der Waals surface area contributed by atoms with Gasteiger partial charge in [0.05, 0.1) is 5.75 Å². The van der Waals surface area contributed by atoms with Crippen LogP contribution in [0.15, 0.2) is 29.4 Å². The number of thioether (sulfide) groups is 1. The first-order valence-corrected chi connectivity index (χ1v) is 9.41. The minimum absolute atomic E-state index is 0.0287. The van der Waals surface area contributed by atoms with Crippen molar-refractivity contribution in [3.05, 3.63) is 30.1 Å². The van der Waals surface area contributed by atoms with E-state index in [9.17, 15) is 9.18 Å². The predicted octanol–water partition coefficient (Wildman–Crippen LogP) is 2.58. The van der Waals surface area contributed by atoms with Crippen molar-refractivity contribution in [1.82, 2.24) is 20.2 Å². The summed E-state index contributed by atoms with van der Waals surface area (Å²) in [6.45, 7) is 2.18. The topological polar surface area (TPSA) is 85.8 Å². The Labute approximate surface area is 150 Å². The second-order valence-electron chi connectivity index (χ2n) is 6.41. The van der Waals surface area contributed by atoms with Crippen LogP contribution in [-0.2, 0) is 4.79 Å². The summed E-state index contributed by atoms with van der Waals surface area (Å²) in [6, 6.07) is 6.25. The van der Waals surface area contributed by atoms with Crippen LogP contribution in [0.1, 0.15) is 32.6 Å². The number of hydrogen-bond acceptors (Lipinski definition) is 5. The fourth-order valence-corrected chi connectivity index (χ4v) is 3.78. The predicted molar refractivity (Wildman–Crippen MR) is 95.9 cm³/mol. The van der Waals surface area contributed by atoms with E-state index >= 15 is 0 Å². The van der Waals surface area contributed by atoms with Crippen molar-refractivity contribution in [2.75, 3.05) is 11.6 Å². The molecule has 1 saturated carbocycles. The quantitative estimate of drug-likeness (QED) is 0.630. The lowest BCUT2D eigenvalue weighted by Crippen LogP contribution is -2.41. The van der Waals surface area contributed by atoms with Gasteiger partial charge in [-0.25, -0.2) is 9.07 Å². The molecule has 1 heterocycles. The van der Waals surface area contributed by atoms with Gasteiger partial charge in [-0.2, -0.15) is 0 Å². The molecule has 1 aliphatic rings. The molecule has 2 aromatic rings. The molecular weight excluding hydrogens is 341 g/mol. The van der Waals surface area contributed by atoms with Gasteiger partial charge in [0.1, 0.15) is 5.82 Å². The lowest BCUT2D eigenvalue weighted by atomic mass is 9.86. The fraction of sp³-hybridized carbons (Fsp3) is 0.471. The molecule has 6 nitrogen and oxygen atoms in total.